The van der Waals surface area contributed by atoms with Crippen molar-refractivity contribution in [1.29, 1.82) is 0 Å². The monoisotopic (exact) mass is 436 g/mol. The Hall–Kier alpha value is -3.78. The van der Waals surface area contributed by atoms with Crippen LogP contribution in [0, 0.1) is 0 Å². The van der Waals surface area contributed by atoms with Crippen molar-refractivity contribution in [2.75, 3.05) is 23.5 Å². The number of carboxylic acids is 1. The van der Waals surface area contributed by atoms with Gasteiger partial charge in [-0.25, -0.2) is 4.79 Å². The summed E-state index contributed by atoms with van der Waals surface area (Å²) in [6.45, 7) is 0. The van der Waals surface area contributed by atoms with E-state index in [1.807, 2.05) is 0 Å². The van der Waals surface area contributed by atoms with Gasteiger partial charge in [-0.3, -0.25) is 9.59 Å². The number of carbonyl (C=O) groups excluding carboxylic acids is 2. The Morgan fingerprint density at radius 3 is 2.03 bits per heavy atom. The minimum absolute atomic E-state index is 0.0601. The standard InChI is InChI=1S/C23H20N2O5S/c1-30-17-10-6-15(7-11-17)24-21(26)14-31-18-12-8-16(9-13-18)25-22(27)19-4-2-3-5-20(19)23(28)29/h2-13H,14H2,1H3,(H,24,26)(H,25,27)(H,28,29). The average molecular weight is 436 g/mol. The first-order valence-corrected chi connectivity index (χ1v) is 10.3. The van der Waals surface area contributed by atoms with Gasteiger partial charge in [0.05, 0.1) is 24.0 Å². The molecule has 0 radical (unpaired) electrons. The van der Waals surface area contributed by atoms with Gasteiger partial charge in [0, 0.05) is 16.3 Å². The molecule has 3 aromatic carbocycles. The number of thioether (sulfide) groups is 1. The van der Waals surface area contributed by atoms with Crippen molar-refractivity contribution in [3.63, 3.8) is 0 Å². The van der Waals surface area contributed by atoms with E-state index in [0.717, 1.165) is 4.90 Å². The van der Waals surface area contributed by atoms with E-state index in [1.54, 1.807) is 67.8 Å². The molecule has 8 heteroatoms. The van der Waals surface area contributed by atoms with Crippen LogP contribution in [0.5, 0.6) is 5.75 Å². The molecule has 0 aliphatic carbocycles. The molecule has 0 saturated heterocycles. The van der Waals surface area contributed by atoms with E-state index in [9.17, 15) is 19.5 Å². The molecule has 3 N–H and O–H groups in total. The molecule has 2 amide bonds. The molecule has 0 heterocycles. The zero-order chi connectivity index (χ0) is 22.2. The van der Waals surface area contributed by atoms with Crippen LogP contribution in [0.1, 0.15) is 20.7 Å². The Morgan fingerprint density at radius 1 is 0.839 bits per heavy atom. The first kappa shape index (κ1) is 21.9. The van der Waals surface area contributed by atoms with Crippen molar-refractivity contribution in [2.24, 2.45) is 0 Å². The summed E-state index contributed by atoms with van der Waals surface area (Å²) in [6.07, 6.45) is 0. The summed E-state index contributed by atoms with van der Waals surface area (Å²) in [6, 6.07) is 20.1. The fraction of sp³-hybridized carbons (Fsp3) is 0.0870. The van der Waals surface area contributed by atoms with E-state index in [4.69, 9.17) is 4.74 Å². The lowest BCUT2D eigenvalue weighted by molar-refractivity contribution is -0.113. The van der Waals surface area contributed by atoms with Gasteiger partial charge in [-0.05, 0) is 60.7 Å². The van der Waals surface area contributed by atoms with Gasteiger partial charge in [0.15, 0.2) is 0 Å². The third-order valence-corrected chi connectivity index (χ3v) is 5.27. The molecule has 3 aromatic rings. The number of amides is 2. The van der Waals surface area contributed by atoms with Crippen LogP contribution in [-0.2, 0) is 4.79 Å². The summed E-state index contributed by atoms with van der Waals surface area (Å²) in [5, 5.41) is 14.7. The normalized spacial score (nSPS) is 10.2. The van der Waals surface area contributed by atoms with E-state index in [2.05, 4.69) is 10.6 Å². The summed E-state index contributed by atoms with van der Waals surface area (Å²) in [4.78, 5) is 36.7. The summed E-state index contributed by atoms with van der Waals surface area (Å²) in [5.74, 6) is -0.865. The molecule has 0 aliphatic heterocycles. The van der Waals surface area contributed by atoms with Crippen molar-refractivity contribution in [3.05, 3.63) is 83.9 Å². The molecule has 0 fully saturated rings. The van der Waals surface area contributed by atoms with Crippen molar-refractivity contribution in [1.82, 2.24) is 0 Å². The van der Waals surface area contributed by atoms with E-state index >= 15 is 0 Å². The van der Waals surface area contributed by atoms with Crippen LogP contribution in [0.15, 0.2) is 77.7 Å². The van der Waals surface area contributed by atoms with Crippen LogP contribution >= 0.6 is 11.8 Å². The number of aromatic carboxylic acids is 1. The van der Waals surface area contributed by atoms with Gasteiger partial charge in [0.25, 0.3) is 5.91 Å². The number of benzene rings is 3. The van der Waals surface area contributed by atoms with Crippen LogP contribution < -0.4 is 15.4 Å². The predicted molar refractivity (Wildman–Crippen MR) is 120 cm³/mol. The molecule has 0 spiro atoms. The third-order valence-electron chi connectivity index (χ3n) is 4.26. The van der Waals surface area contributed by atoms with Gasteiger partial charge in [-0.2, -0.15) is 0 Å². The molecule has 0 aliphatic rings. The third kappa shape index (κ3) is 6.10. The first-order valence-electron chi connectivity index (χ1n) is 9.26. The maximum absolute atomic E-state index is 12.4. The Bertz CT molecular complexity index is 1080. The molecule has 0 bridgehead atoms. The van der Waals surface area contributed by atoms with E-state index < -0.39 is 11.9 Å². The molecule has 0 aromatic heterocycles. The molecule has 0 saturated carbocycles. The minimum atomic E-state index is -1.16. The fourth-order valence-electron chi connectivity index (χ4n) is 2.72. The molecular formula is C23H20N2O5S. The minimum Gasteiger partial charge on any atom is -0.497 e. The Balaban J connectivity index is 1.53. The van der Waals surface area contributed by atoms with Gasteiger partial charge in [-0.1, -0.05) is 12.1 Å². The van der Waals surface area contributed by atoms with Gasteiger partial charge >= 0.3 is 5.97 Å². The molecule has 0 unspecified atom stereocenters. The van der Waals surface area contributed by atoms with Crippen molar-refractivity contribution in [3.8, 4) is 5.75 Å². The van der Waals surface area contributed by atoms with Gasteiger partial charge in [0.2, 0.25) is 5.91 Å². The highest BCUT2D eigenvalue weighted by atomic mass is 32.2. The molecular weight excluding hydrogens is 416 g/mol. The number of hydrogen-bond donors (Lipinski definition) is 3. The second-order valence-electron chi connectivity index (χ2n) is 6.39. The Labute approximate surface area is 183 Å². The summed E-state index contributed by atoms with van der Waals surface area (Å²) in [7, 11) is 1.58. The van der Waals surface area contributed by atoms with Gasteiger partial charge in [-0.15, -0.1) is 11.8 Å². The van der Waals surface area contributed by atoms with Gasteiger partial charge < -0.3 is 20.5 Å². The highest BCUT2D eigenvalue weighted by Crippen LogP contribution is 2.22. The molecule has 7 nitrogen and oxygen atoms in total. The van der Waals surface area contributed by atoms with E-state index in [1.165, 1.54) is 23.9 Å². The van der Waals surface area contributed by atoms with Crippen LogP contribution in [0.4, 0.5) is 11.4 Å². The molecule has 0 atom stereocenters. The number of carbonyl (C=O) groups is 3. The van der Waals surface area contributed by atoms with Crippen LogP contribution in [0.3, 0.4) is 0 Å². The number of carboxylic acid groups (broad SMARTS) is 1. The molecule has 158 valence electrons. The van der Waals surface area contributed by atoms with Crippen molar-refractivity contribution >= 4 is 40.9 Å². The second kappa shape index (κ2) is 10.3. The van der Waals surface area contributed by atoms with E-state index in [0.29, 0.717) is 17.1 Å². The number of ether oxygens (including phenoxy) is 1. The van der Waals surface area contributed by atoms with Crippen LogP contribution in [-0.4, -0.2) is 35.8 Å². The largest absolute Gasteiger partial charge is 0.497 e. The maximum Gasteiger partial charge on any atom is 0.336 e. The lowest BCUT2D eigenvalue weighted by Gasteiger charge is -2.09. The lowest BCUT2D eigenvalue weighted by atomic mass is 10.1. The van der Waals surface area contributed by atoms with E-state index in [-0.39, 0.29) is 22.8 Å². The Kier molecular flexibility index (Phi) is 7.29. The number of anilines is 2. The number of hydrogen-bond acceptors (Lipinski definition) is 5. The summed E-state index contributed by atoms with van der Waals surface area (Å²) >= 11 is 1.36. The number of methoxy groups -OCH3 is 1. The Morgan fingerprint density at radius 2 is 1.42 bits per heavy atom. The second-order valence-corrected chi connectivity index (χ2v) is 7.44. The highest BCUT2D eigenvalue weighted by molar-refractivity contribution is 8.00. The summed E-state index contributed by atoms with van der Waals surface area (Å²) in [5.41, 5.74) is 1.24. The smallest absolute Gasteiger partial charge is 0.336 e. The van der Waals surface area contributed by atoms with Gasteiger partial charge in [0.1, 0.15) is 5.75 Å². The average Bonchev–Trinajstić information content (AvgIpc) is 2.79. The summed E-state index contributed by atoms with van der Waals surface area (Å²) < 4.78 is 5.09. The van der Waals surface area contributed by atoms with Crippen molar-refractivity contribution < 1.29 is 24.2 Å². The zero-order valence-corrected chi connectivity index (χ0v) is 17.4. The van der Waals surface area contributed by atoms with Crippen LogP contribution in [0.25, 0.3) is 0 Å². The predicted octanol–water partition coefficient (Wildman–Crippen LogP) is 4.38. The highest BCUT2D eigenvalue weighted by Gasteiger charge is 2.15. The topological polar surface area (TPSA) is 105 Å². The number of rotatable bonds is 8. The first-order chi connectivity index (χ1) is 15.0. The van der Waals surface area contributed by atoms with Crippen molar-refractivity contribution in [2.45, 2.75) is 4.90 Å². The quantitative estimate of drug-likeness (QED) is 0.453. The SMILES string of the molecule is COc1ccc(NC(=O)CSc2ccc(NC(=O)c3ccccc3C(=O)O)cc2)cc1. The molecule has 31 heavy (non-hydrogen) atoms. The van der Waals surface area contributed by atoms with Crippen LogP contribution in [0.2, 0.25) is 0 Å². The molecule has 3 rings (SSSR count). The maximum atomic E-state index is 12.4. The number of nitrogens with one attached hydrogen (secondary N) is 2. The zero-order valence-electron chi connectivity index (χ0n) is 16.6. The fourth-order valence-corrected chi connectivity index (χ4v) is 3.42. The lowest BCUT2D eigenvalue weighted by Crippen LogP contribution is -2.16.